The summed E-state index contributed by atoms with van der Waals surface area (Å²) in [5, 5.41) is 2.92. The number of amides is 1. The first-order valence-corrected chi connectivity index (χ1v) is 8.48. The average molecular weight is 320 g/mol. The quantitative estimate of drug-likeness (QED) is 0.807. The predicted molar refractivity (Wildman–Crippen MR) is 92.7 cm³/mol. The van der Waals surface area contributed by atoms with Crippen LogP contribution in [0.1, 0.15) is 41.1 Å². The van der Waals surface area contributed by atoms with E-state index in [-0.39, 0.29) is 5.91 Å². The Kier molecular flexibility index (Phi) is 3.99. The summed E-state index contributed by atoms with van der Waals surface area (Å²) in [5.74, 6) is 1.05. The highest BCUT2D eigenvalue weighted by atomic mass is 16.1. The molecule has 1 aliphatic rings. The zero-order chi connectivity index (χ0) is 16.4. The van der Waals surface area contributed by atoms with Gasteiger partial charge >= 0.3 is 0 Å². The SMILES string of the molecule is O=C(NCc1ccccn1)c1ccc2c(c1)nc1n2CCCCC1. The molecule has 0 saturated carbocycles. The lowest BCUT2D eigenvalue weighted by molar-refractivity contribution is 0.0950. The van der Waals surface area contributed by atoms with Crippen molar-refractivity contribution in [1.82, 2.24) is 19.9 Å². The number of rotatable bonds is 3. The number of aryl methyl sites for hydroxylation is 2. The Labute approximate surface area is 140 Å². The fourth-order valence-electron chi connectivity index (χ4n) is 3.27. The lowest BCUT2D eigenvalue weighted by atomic mass is 10.2. The molecule has 1 N–H and O–H groups in total. The molecule has 5 nitrogen and oxygen atoms in total. The maximum absolute atomic E-state index is 12.4. The maximum atomic E-state index is 12.4. The van der Waals surface area contributed by atoms with Crippen LogP contribution in [0.3, 0.4) is 0 Å². The van der Waals surface area contributed by atoms with Gasteiger partial charge in [-0.2, -0.15) is 0 Å². The largest absolute Gasteiger partial charge is 0.346 e. The summed E-state index contributed by atoms with van der Waals surface area (Å²) in [6.07, 6.45) is 6.41. The molecule has 0 bridgehead atoms. The molecule has 0 saturated heterocycles. The van der Waals surface area contributed by atoms with Crippen LogP contribution in [0.4, 0.5) is 0 Å². The van der Waals surface area contributed by atoms with Crippen molar-refractivity contribution in [1.29, 1.82) is 0 Å². The Bertz CT molecular complexity index is 870. The molecule has 1 aromatic carbocycles. The Morgan fingerprint density at radius 3 is 3.00 bits per heavy atom. The van der Waals surface area contributed by atoms with E-state index >= 15 is 0 Å². The highest BCUT2D eigenvalue weighted by molar-refractivity contribution is 5.97. The highest BCUT2D eigenvalue weighted by Gasteiger charge is 2.15. The van der Waals surface area contributed by atoms with E-state index in [0.29, 0.717) is 12.1 Å². The fraction of sp³-hybridized carbons (Fsp3) is 0.316. The van der Waals surface area contributed by atoms with Crippen molar-refractivity contribution >= 4 is 16.9 Å². The van der Waals surface area contributed by atoms with Crippen molar-refractivity contribution < 1.29 is 4.79 Å². The van der Waals surface area contributed by atoms with Gasteiger partial charge in [0.25, 0.3) is 5.91 Å². The number of fused-ring (bicyclic) bond motifs is 3. The standard InChI is InChI=1S/C19H20N4O/c24-19(21-13-15-6-3-4-10-20-15)14-8-9-17-16(12-14)22-18-7-2-1-5-11-23(17)18/h3-4,6,8-10,12H,1-2,5,7,11,13H2,(H,21,24). The molecule has 0 spiro atoms. The molecule has 3 heterocycles. The topological polar surface area (TPSA) is 59.8 Å². The van der Waals surface area contributed by atoms with E-state index in [1.807, 2.05) is 36.4 Å². The first kappa shape index (κ1) is 14.9. The molecule has 5 heteroatoms. The van der Waals surface area contributed by atoms with Crippen LogP contribution in [-0.2, 0) is 19.5 Å². The molecule has 0 radical (unpaired) electrons. The number of benzene rings is 1. The number of carbonyl (C=O) groups excluding carboxylic acids is 1. The number of imidazole rings is 1. The maximum Gasteiger partial charge on any atom is 0.251 e. The van der Waals surface area contributed by atoms with Crippen molar-refractivity contribution in [2.75, 3.05) is 0 Å². The Morgan fingerprint density at radius 2 is 2.12 bits per heavy atom. The molecule has 0 atom stereocenters. The first-order chi connectivity index (χ1) is 11.8. The number of nitrogens with one attached hydrogen (secondary N) is 1. The third-order valence-electron chi connectivity index (χ3n) is 4.53. The second-order valence-electron chi connectivity index (χ2n) is 6.20. The molecular formula is C19H20N4O. The van der Waals surface area contributed by atoms with Gasteiger partial charge < -0.3 is 9.88 Å². The van der Waals surface area contributed by atoms with Crippen molar-refractivity contribution in [3.63, 3.8) is 0 Å². The molecule has 0 unspecified atom stereocenters. The predicted octanol–water partition coefficient (Wildman–Crippen LogP) is 3.09. The molecule has 24 heavy (non-hydrogen) atoms. The number of hydrogen-bond acceptors (Lipinski definition) is 3. The van der Waals surface area contributed by atoms with E-state index in [1.54, 1.807) is 6.20 Å². The third-order valence-corrected chi connectivity index (χ3v) is 4.53. The van der Waals surface area contributed by atoms with Gasteiger partial charge in [0.15, 0.2) is 0 Å². The van der Waals surface area contributed by atoms with Crippen LogP contribution in [0, 0.1) is 0 Å². The van der Waals surface area contributed by atoms with Gasteiger partial charge in [-0.15, -0.1) is 0 Å². The third kappa shape index (κ3) is 2.89. The van der Waals surface area contributed by atoms with Crippen molar-refractivity contribution in [2.45, 2.75) is 38.8 Å². The molecule has 4 rings (SSSR count). The number of hydrogen-bond donors (Lipinski definition) is 1. The summed E-state index contributed by atoms with van der Waals surface area (Å²) in [5.41, 5.74) is 3.54. The zero-order valence-corrected chi connectivity index (χ0v) is 13.5. The number of carbonyl (C=O) groups is 1. The van der Waals surface area contributed by atoms with Crippen LogP contribution < -0.4 is 5.32 Å². The average Bonchev–Trinajstić information content (AvgIpc) is 2.80. The molecule has 0 fully saturated rings. The van der Waals surface area contributed by atoms with E-state index < -0.39 is 0 Å². The lowest BCUT2D eigenvalue weighted by Crippen LogP contribution is -2.23. The van der Waals surface area contributed by atoms with Gasteiger partial charge in [-0.3, -0.25) is 9.78 Å². The molecule has 0 aliphatic carbocycles. The lowest BCUT2D eigenvalue weighted by Gasteiger charge is -2.06. The van der Waals surface area contributed by atoms with Gasteiger partial charge in [-0.25, -0.2) is 4.98 Å². The van der Waals surface area contributed by atoms with Gasteiger partial charge in [-0.05, 0) is 43.2 Å². The second kappa shape index (κ2) is 6.43. The van der Waals surface area contributed by atoms with Gasteiger partial charge in [0, 0.05) is 24.7 Å². The van der Waals surface area contributed by atoms with Gasteiger partial charge in [0.1, 0.15) is 5.82 Å². The van der Waals surface area contributed by atoms with Gasteiger partial charge in [0.2, 0.25) is 0 Å². The summed E-state index contributed by atoms with van der Waals surface area (Å²) < 4.78 is 2.30. The Hall–Kier alpha value is -2.69. The number of nitrogens with zero attached hydrogens (tertiary/aromatic N) is 3. The van der Waals surface area contributed by atoms with Crippen LogP contribution in [0.25, 0.3) is 11.0 Å². The molecule has 2 aromatic heterocycles. The second-order valence-corrected chi connectivity index (χ2v) is 6.20. The van der Waals surface area contributed by atoms with Crippen molar-refractivity contribution in [2.24, 2.45) is 0 Å². The zero-order valence-electron chi connectivity index (χ0n) is 13.5. The number of pyridine rings is 1. The monoisotopic (exact) mass is 320 g/mol. The van der Waals surface area contributed by atoms with Gasteiger partial charge in [-0.1, -0.05) is 12.5 Å². The molecular weight excluding hydrogens is 300 g/mol. The normalized spacial score (nSPS) is 14.2. The minimum absolute atomic E-state index is 0.0919. The van der Waals surface area contributed by atoms with Crippen LogP contribution in [-0.4, -0.2) is 20.4 Å². The van der Waals surface area contributed by atoms with Crippen molar-refractivity contribution in [3.05, 3.63) is 59.7 Å². The van der Waals surface area contributed by atoms with E-state index in [9.17, 15) is 4.79 Å². The smallest absolute Gasteiger partial charge is 0.251 e. The first-order valence-electron chi connectivity index (χ1n) is 8.48. The highest BCUT2D eigenvalue weighted by Crippen LogP contribution is 2.22. The number of aromatic nitrogens is 3. The summed E-state index contributed by atoms with van der Waals surface area (Å²) in [6, 6.07) is 11.5. The Morgan fingerprint density at radius 1 is 1.17 bits per heavy atom. The summed E-state index contributed by atoms with van der Waals surface area (Å²) in [7, 11) is 0. The summed E-state index contributed by atoms with van der Waals surface area (Å²) >= 11 is 0. The minimum Gasteiger partial charge on any atom is -0.346 e. The van der Waals surface area contributed by atoms with Crippen LogP contribution >= 0.6 is 0 Å². The van der Waals surface area contributed by atoms with Crippen LogP contribution in [0.15, 0.2) is 42.6 Å². The molecule has 122 valence electrons. The summed E-state index contributed by atoms with van der Waals surface area (Å²) in [4.78, 5) is 21.3. The molecule has 1 aliphatic heterocycles. The van der Waals surface area contributed by atoms with Crippen LogP contribution in [0.2, 0.25) is 0 Å². The van der Waals surface area contributed by atoms with Gasteiger partial charge in [0.05, 0.1) is 23.3 Å². The molecule has 1 amide bonds. The van der Waals surface area contributed by atoms with E-state index in [2.05, 4.69) is 14.9 Å². The van der Waals surface area contributed by atoms with Crippen molar-refractivity contribution in [3.8, 4) is 0 Å². The molecule has 3 aromatic rings. The minimum atomic E-state index is -0.0919. The Balaban J connectivity index is 1.55. The van der Waals surface area contributed by atoms with Crippen LogP contribution in [0.5, 0.6) is 0 Å². The van der Waals surface area contributed by atoms with E-state index in [1.165, 1.54) is 19.3 Å². The van der Waals surface area contributed by atoms with E-state index in [4.69, 9.17) is 4.98 Å². The van der Waals surface area contributed by atoms with E-state index in [0.717, 1.165) is 35.5 Å². The fourth-order valence-corrected chi connectivity index (χ4v) is 3.27. The summed E-state index contributed by atoms with van der Waals surface area (Å²) in [6.45, 7) is 1.45.